The first kappa shape index (κ1) is 16.0. The van der Waals surface area contributed by atoms with E-state index in [4.69, 9.17) is 16.0 Å². The third kappa shape index (κ3) is 3.91. The number of hydrogen-bond donors (Lipinski definition) is 1. The van der Waals surface area contributed by atoms with Gasteiger partial charge in [0.25, 0.3) is 5.91 Å². The van der Waals surface area contributed by atoms with E-state index < -0.39 is 0 Å². The Balaban J connectivity index is 1.64. The zero-order valence-electron chi connectivity index (χ0n) is 13.0. The number of carbonyl (C=O) groups excluding carboxylic acids is 1. The molecule has 0 saturated heterocycles. The van der Waals surface area contributed by atoms with Crippen molar-refractivity contribution < 1.29 is 9.21 Å². The first-order valence-electron chi connectivity index (χ1n) is 7.38. The summed E-state index contributed by atoms with van der Waals surface area (Å²) in [7, 11) is 0. The molecule has 0 aliphatic carbocycles. The van der Waals surface area contributed by atoms with Crippen molar-refractivity contribution in [3.8, 4) is 11.3 Å². The molecule has 0 unspecified atom stereocenters. The molecule has 0 atom stereocenters. The molecule has 4 nitrogen and oxygen atoms in total. The highest BCUT2D eigenvalue weighted by molar-refractivity contribution is 6.30. The van der Waals surface area contributed by atoms with Gasteiger partial charge in [-0.3, -0.25) is 4.79 Å². The molecule has 120 valence electrons. The van der Waals surface area contributed by atoms with Crippen molar-refractivity contribution in [2.24, 2.45) is 5.10 Å². The molecule has 1 amide bonds. The normalized spacial score (nSPS) is 10.9. The lowest BCUT2D eigenvalue weighted by atomic mass is 10.1. The van der Waals surface area contributed by atoms with Gasteiger partial charge in [-0.2, -0.15) is 5.10 Å². The second-order valence-electron chi connectivity index (χ2n) is 5.27. The van der Waals surface area contributed by atoms with E-state index in [0.29, 0.717) is 22.1 Å². The monoisotopic (exact) mass is 338 g/mol. The number of hydrazone groups is 1. The lowest BCUT2D eigenvalue weighted by Crippen LogP contribution is -2.17. The molecule has 0 saturated carbocycles. The average molecular weight is 339 g/mol. The molecule has 0 aliphatic rings. The Morgan fingerprint density at radius 1 is 1.04 bits per heavy atom. The van der Waals surface area contributed by atoms with Gasteiger partial charge in [0.1, 0.15) is 11.5 Å². The fraction of sp³-hybridized carbons (Fsp3) is 0.0526. The van der Waals surface area contributed by atoms with Crippen LogP contribution in [0.5, 0.6) is 0 Å². The zero-order chi connectivity index (χ0) is 16.9. The Labute approximate surface area is 144 Å². The first-order valence-corrected chi connectivity index (χ1v) is 7.75. The lowest BCUT2D eigenvalue weighted by Gasteiger charge is -1.99. The van der Waals surface area contributed by atoms with E-state index in [1.54, 1.807) is 30.3 Å². The molecule has 3 rings (SSSR count). The van der Waals surface area contributed by atoms with Crippen LogP contribution in [0.3, 0.4) is 0 Å². The number of halogens is 1. The molecule has 1 N–H and O–H groups in total. The zero-order valence-corrected chi connectivity index (χ0v) is 13.7. The van der Waals surface area contributed by atoms with Crippen LogP contribution in [-0.2, 0) is 0 Å². The Kier molecular flexibility index (Phi) is 4.77. The molecule has 5 heteroatoms. The van der Waals surface area contributed by atoms with Crippen LogP contribution in [0.2, 0.25) is 5.02 Å². The number of nitrogens with one attached hydrogen (secondary N) is 1. The summed E-state index contributed by atoms with van der Waals surface area (Å²) in [5.74, 6) is 0.984. The van der Waals surface area contributed by atoms with Crippen molar-refractivity contribution in [3.63, 3.8) is 0 Å². The summed E-state index contributed by atoms with van der Waals surface area (Å²) in [4.78, 5) is 11.9. The lowest BCUT2D eigenvalue weighted by molar-refractivity contribution is 0.0955. The quantitative estimate of drug-likeness (QED) is 0.555. The molecular weight excluding hydrogens is 324 g/mol. The van der Waals surface area contributed by atoms with Gasteiger partial charge < -0.3 is 4.42 Å². The van der Waals surface area contributed by atoms with Crippen LogP contribution >= 0.6 is 11.6 Å². The molecule has 0 radical (unpaired) electrons. The van der Waals surface area contributed by atoms with Crippen molar-refractivity contribution in [2.75, 3.05) is 0 Å². The number of nitrogens with zero attached hydrogens (tertiary/aromatic N) is 1. The van der Waals surface area contributed by atoms with Gasteiger partial charge in [0, 0.05) is 16.1 Å². The number of benzene rings is 2. The molecule has 0 aliphatic heterocycles. The van der Waals surface area contributed by atoms with Crippen LogP contribution in [0.4, 0.5) is 0 Å². The van der Waals surface area contributed by atoms with Gasteiger partial charge in [0.05, 0.1) is 6.21 Å². The van der Waals surface area contributed by atoms with Crippen molar-refractivity contribution in [1.82, 2.24) is 5.43 Å². The Morgan fingerprint density at radius 2 is 1.75 bits per heavy atom. The van der Waals surface area contributed by atoms with Crippen LogP contribution in [0, 0.1) is 6.92 Å². The fourth-order valence-corrected chi connectivity index (χ4v) is 2.24. The minimum absolute atomic E-state index is 0.268. The van der Waals surface area contributed by atoms with Gasteiger partial charge in [0.2, 0.25) is 0 Å². The summed E-state index contributed by atoms with van der Waals surface area (Å²) in [5, 5.41) is 4.59. The van der Waals surface area contributed by atoms with Gasteiger partial charge in [-0.15, -0.1) is 0 Å². The molecule has 0 bridgehead atoms. The maximum Gasteiger partial charge on any atom is 0.271 e. The summed E-state index contributed by atoms with van der Waals surface area (Å²) in [6, 6.07) is 18.2. The minimum Gasteiger partial charge on any atom is -0.455 e. The van der Waals surface area contributed by atoms with E-state index in [1.807, 2.05) is 37.3 Å². The first-order chi connectivity index (χ1) is 11.6. The largest absolute Gasteiger partial charge is 0.455 e. The van der Waals surface area contributed by atoms with E-state index >= 15 is 0 Å². The summed E-state index contributed by atoms with van der Waals surface area (Å²) < 4.78 is 5.67. The number of aryl methyl sites for hydroxylation is 1. The van der Waals surface area contributed by atoms with Crippen LogP contribution in [0.25, 0.3) is 11.3 Å². The molecule has 1 heterocycles. The van der Waals surface area contributed by atoms with Gasteiger partial charge >= 0.3 is 0 Å². The maximum atomic E-state index is 11.9. The van der Waals surface area contributed by atoms with Crippen LogP contribution in [-0.4, -0.2) is 12.1 Å². The van der Waals surface area contributed by atoms with Gasteiger partial charge in [0.15, 0.2) is 0 Å². The number of carbonyl (C=O) groups is 1. The molecule has 24 heavy (non-hydrogen) atoms. The van der Waals surface area contributed by atoms with Gasteiger partial charge in [-0.25, -0.2) is 5.43 Å². The van der Waals surface area contributed by atoms with E-state index in [-0.39, 0.29) is 5.91 Å². The molecule has 2 aromatic carbocycles. The molecular formula is C19H15ClN2O2. The Hall–Kier alpha value is -2.85. The minimum atomic E-state index is -0.268. The van der Waals surface area contributed by atoms with Gasteiger partial charge in [-0.1, -0.05) is 29.3 Å². The predicted octanol–water partition coefficient (Wildman–Crippen LogP) is 4.67. The SMILES string of the molecule is Cc1ccc(C(=O)NN=Cc2ccc(-c3ccc(Cl)cc3)o2)cc1. The Bertz CT molecular complexity index is 865. The highest BCUT2D eigenvalue weighted by atomic mass is 35.5. The topological polar surface area (TPSA) is 54.6 Å². The second kappa shape index (κ2) is 7.15. The molecule has 1 aromatic heterocycles. The predicted molar refractivity (Wildman–Crippen MR) is 95.4 cm³/mol. The van der Waals surface area contributed by atoms with E-state index in [9.17, 15) is 4.79 Å². The summed E-state index contributed by atoms with van der Waals surface area (Å²) in [5.41, 5.74) is 5.05. The number of hydrogen-bond acceptors (Lipinski definition) is 3. The van der Waals surface area contributed by atoms with E-state index in [1.165, 1.54) is 6.21 Å². The van der Waals surface area contributed by atoms with Crippen LogP contribution < -0.4 is 5.43 Å². The number of furan rings is 1. The van der Waals surface area contributed by atoms with E-state index in [2.05, 4.69) is 10.5 Å². The van der Waals surface area contributed by atoms with Crippen molar-refractivity contribution in [3.05, 3.63) is 82.6 Å². The standard InChI is InChI=1S/C19H15ClN2O2/c1-13-2-4-15(5-3-13)19(23)22-21-12-17-10-11-18(24-17)14-6-8-16(20)9-7-14/h2-12H,1H3,(H,22,23). The number of amides is 1. The third-order valence-corrected chi connectivity index (χ3v) is 3.68. The molecule has 0 fully saturated rings. The second-order valence-corrected chi connectivity index (χ2v) is 5.71. The van der Waals surface area contributed by atoms with Gasteiger partial charge in [-0.05, 0) is 55.5 Å². The van der Waals surface area contributed by atoms with Crippen LogP contribution in [0.1, 0.15) is 21.7 Å². The average Bonchev–Trinajstić information content (AvgIpc) is 3.05. The maximum absolute atomic E-state index is 11.9. The fourth-order valence-electron chi connectivity index (χ4n) is 2.12. The Morgan fingerprint density at radius 3 is 2.46 bits per heavy atom. The smallest absolute Gasteiger partial charge is 0.271 e. The summed E-state index contributed by atoms with van der Waals surface area (Å²) >= 11 is 5.87. The highest BCUT2D eigenvalue weighted by Crippen LogP contribution is 2.23. The van der Waals surface area contributed by atoms with Crippen molar-refractivity contribution in [2.45, 2.75) is 6.92 Å². The summed E-state index contributed by atoms with van der Waals surface area (Å²) in [6.07, 6.45) is 1.46. The molecule has 3 aromatic rings. The van der Waals surface area contributed by atoms with Crippen molar-refractivity contribution >= 4 is 23.7 Å². The molecule has 0 spiro atoms. The third-order valence-electron chi connectivity index (χ3n) is 3.43. The number of rotatable bonds is 4. The highest BCUT2D eigenvalue weighted by Gasteiger charge is 2.05. The summed E-state index contributed by atoms with van der Waals surface area (Å²) in [6.45, 7) is 1.97. The van der Waals surface area contributed by atoms with Crippen molar-refractivity contribution in [1.29, 1.82) is 0 Å². The van der Waals surface area contributed by atoms with Crippen LogP contribution in [0.15, 0.2) is 70.2 Å². The van der Waals surface area contributed by atoms with E-state index in [0.717, 1.165) is 11.1 Å².